The van der Waals surface area contributed by atoms with Gasteiger partial charge in [0.1, 0.15) is 0 Å². The van der Waals surface area contributed by atoms with Crippen molar-refractivity contribution in [1.29, 1.82) is 0 Å². The van der Waals surface area contributed by atoms with E-state index in [-0.39, 0.29) is 0 Å². The summed E-state index contributed by atoms with van der Waals surface area (Å²) in [6, 6.07) is 0.755. The topological polar surface area (TPSA) is 24.5 Å². The Hall–Kier alpha value is -0.120. The van der Waals surface area contributed by atoms with Crippen LogP contribution in [0.3, 0.4) is 0 Å². The summed E-state index contributed by atoms with van der Waals surface area (Å²) in [5.74, 6) is 1.90. The van der Waals surface area contributed by atoms with E-state index in [0.717, 1.165) is 24.5 Å². The van der Waals surface area contributed by atoms with Gasteiger partial charge in [0.2, 0.25) is 0 Å². The number of piperazine rings is 1. The van der Waals surface area contributed by atoms with E-state index in [1.54, 1.807) is 0 Å². The third kappa shape index (κ3) is 2.65. The summed E-state index contributed by atoms with van der Waals surface area (Å²) < 4.78 is 6.02. The van der Waals surface area contributed by atoms with Crippen LogP contribution in [0.1, 0.15) is 51.9 Å². The van der Waals surface area contributed by atoms with Crippen molar-refractivity contribution in [2.24, 2.45) is 11.8 Å². The molecule has 0 aromatic carbocycles. The molecule has 0 radical (unpaired) electrons. The fourth-order valence-electron chi connectivity index (χ4n) is 4.36. The highest BCUT2D eigenvalue weighted by atomic mass is 16.5. The van der Waals surface area contributed by atoms with Gasteiger partial charge in [0.05, 0.1) is 6.10 Å². The van der Waals surface area contributed by atoms with Crippen LogP contribution < -0.4 is 5.32 Å². The van der Waals surface area contributed by atoms with E-state index in [1.165, 1.54) is 64.6 Å². The van der Waals surface area contributed by atoms with Gasteiger partial charge in [-0.2, -0.15) is 0 Å². The zero-order valence-electron chi connectivity index (χ0n) is 12.9. The largest absolute Gasteiger partial charge is 0.377 e. The van der Waals surface area contributed by atoms with Gasteiger partial charge in [-0.05, 0) is 63.7 Å². The van der Waals surface area contributed by atoms with Crippen molar-refractivity contribution in [3.8, 4) is 0 Å². The molecule has 0 spiro atoms. The molecule has 114 valence electrons. The molecule has 2 saturated heterocycles. The van der Waals surface area contributed by atoms with Gasteiger partial charge >= 0.3 is 0 Å². The van der Waals surface area contributed by atoms with Gasteiger partial charge in [-0.1, -0.05) is 0 Å². The summed E-state index contributed by atoms with van der Waals surface area (Å²) in [6.07, 6.45) is 10.2. The van der Waals surface area contributed by atoms with Gasteiger partial charge in [-0.15, -0.1) is 0 Å². The fourth-order valence-corrected chi connectivity index (χ4v) is 4.36. The Morgan fingerprint density at radius 3 is 2.65 bits per heavy atom. The molecule has 0 amide bonds. The van der Waals surface area contributed by atoms with Gasteiger partial charge in [-0.3, -0.25) is 4.90 Å². The maximum atomic E-state index is 6.02. The lowest BCUT2D eigenvalue weighted by molar-refractivity contribution is -0.0491. The molecule has 2 aliphatic heterocycles. The maximum Gasteiger partial charge on any atom is 0.0702 e. The SMILES string of the molecule is CC1(C2CC2)CNC(C2CC2)CN1CC1CCCCO1. The van der Waals surface area contributed by atoms with E-state index in [1.807, 2.05) is 0 Å². The average Bonchev–Trinajstić information content (AvgIpc) is 3.33. The lowest BCUT2D eigenvalue weighted by Crippen LogP contribution is -2.66. The molecule has 2 heterocycles. The zero-order chi connectivity index (χ0) is 13.6. The highest BCUT2D eigenvalue weighted by Gasteiger charge is 2.50. The molecule has 4 aliphatic rings. The van der Waals surface area contributed by atoms with Crippen molar-refractivity contribution < 1.29 is 4.74 Å². The first-order chi connectivity index (χ1) is 9.75. The number of hydrogen-bond acceptors (Lipinski definition) is 3. The second-order valence-corrected chi connectivity index (χ2v) is 7.85. The van der Waals surface area contributed by atoms with Crippen LogP contribution in [0.5, 0.6) is 0 Å². The van der Waals surface area contributed by atoms with Gasteiger partial charge in [0.15, 0.2) is 0 Å². The summed E-state index contributed by atoms with van der Waals surface area (Å²) in [6.45, 7) is 7.13. The first-order valence-electron chi connectivity index (χ1n) is 8.86. The number of nitrogens with one attached hydrogen (secondary N) is 1. The molecular weight excluding hydrogens is 248 g/mol. The average molecular weight is 278 g/mol. The smallest absolute Gasteiger partial charge is 0.0702 e. The van der Waals surface area contributed by atoms with E-state index < -0.39 is 0 Å². The molecule has 3 unspecified atom stereocenters. The first-order valence-corrected chi connectivity index (χ1v) is 8.86. The predicted molar refractivity (Wildman–Crippen MR) is 80.8 cm³/mol. The minimum atomic E-state index is 0.395. The Balaban J connectivity index is 1.44. The van der Waals surface area contributed by atoms with E-state index >= 15 is 0 Å². The molecule has 3 heteroatoms. The molecule has 0 bridgehead atoms. The van der Waals surface area contributed by atoms with Crippen LogP contribution in [-0.4, -0.2) is 48.8 Å². The highest BCUT2D eigenvalue weighted by Crippen LogP contribution is 2.46. The number of nitrogens with zero attached hydrogens (tertiary/aromatic N) is 1. The predicted octanol–water partition coefficient (Wildman–Crippen LogP) is 2.41. The lowest BCUT2D eigenvalue weighted by Gasteiger charge is -2.50. The summed E-state index contributed by atoms with van der Waals surface area (Å²) in [5.41, 5.74) is 0.395. The van der Waals surface area contributed by atoms with Crippen molar-refractivity contribution in [1.82, 2.24) is 10.2 Å². The minimum Gasteiger partial charge on any atom is -0.377 e. The molecule has 1 N–H and O–H groups in total. The van der Waals surface area contributed by atoms with Gasteiger partial charge < -0.3 is 10.1 Å². The molecule has 2 saturated carbocycles. The van der Waals surface area contributed by atoms with E-state index in [9.17, 15) is 0 Å². The van der Waals surface area contributed by atoms with Crippen LogP contribution in [-0.2, 0) is 4.74 Å². The molecule has 3 nitrogen and oxygen atoms in total. The van der Waals surface area contributed by atoms with E-state index in [2.05, 4.69) is 17.1 Å². The zero-order valence-corrected chi connectivity index (χ0v) is 12.9. The van der Waals surface area contributed by atoms with Crippen molar-refractivity contribution in [3.05, 3.63) is 0 Å². The van der Waals surface area contributed by atoms with Crippen LogP contribution in [0.15, 0.2) is 0 Å². The Kier molecular flexibility index (Phi) is 3.56. The van der Waals surface area contributed by atoms with E-state index in [0.29, 0.717) is 11.6 Å². The van der Waals surface area contributed by atoms with Crippen LogP contribution in [0, 0.1) is 11.8 Å². The number of rotatable bonds is 4. The minimum absolute atomic E-state index is 0.395. The van der Waals surface area contributed by atoms with Crippen LogP contribution in [0.25, 0.3) is 0 Å². The molecule has 0 aromatic heterocycles. The monoisotopic (exact) mass is 278 g/mol. The van der Waals surface area contributed by atoms with Gasteiger partial charge in [0.25, 0.3) is 0 Å². The van der Waals surface area contributed by atoms with Crippen LogP contribution in [0.4, 0.5) is 0 Å². The standard InChI is InChI=1S/C17H30N2O/c1-17(14-7-8-14)12-18-16(13-5-6-13)11-19(17)10-15-4-2-3-9-20-15/h13-16,18H,2-12H2,1H3. The van der Waals surface area contributed by atoms with Crippen molar-refractivity contribution in [3.63, 3.8) is 0 Å². The molecule has 4 fully saturated rings. The Labute approximate surface area is 123 Å². The summed E-state index contributed by atoms with van der Waals surface area (Å²) >= 11 is 0. The highest BCUT2D eigenvalue weighted by molar-refractivity contribution is 5.07. The molecule has 2 aliphatic carbocycles. The summed E-state index contributed by atoms with van der Waals surface area (Å²) in [4.78, 5) is 2.82. The second kappa shape index (κ2) is 5.26. The van der Waals surface area contributed by atoms with Crippen molar-refractivity contribution >= 4 is 0 Å². The van der Waals surface area contributed by atoms with Crippen molar-refractivity contribution in [2.75, 3.05) is 26.2 Å². The Bertz CT molecular complexity index is 347. The second-order valence-electron chi connectivity index (χ2n) is 7.85. The Morgan fingerprint density at radius 2 is 2.00 bits per heavy atom. The third-order valence-corrected chi connectivity index (χ3v) is 6.21. The van der Waals surface area contributed by atoms with E-state index in [4.69, 9.17) is 4.74 Å². The van der Waals surface area contributed by atoms with Gasteiger partial charge in [0, 0.05) is 37.8 Å². The maximum absolute atomic E-state index is 6.02. The summed E-state index contributed by atoms with van der Waals surface area (Å²) in [7, 11) is 0. The molecule has 0 aromatic rings. The molecule has 3 atom stereocenters. The molecular formula is C17H30N2O. The Morgan fingerprint density at radius 1 is 1.15 bits per heavy atom. The third-order valence-electron chi connectivity index (χ3n) is 6.21. The summed E-state index contributed by atoms with van der Waals surface area (Å²) in [5, 5.41) is 3.88. The normalized spacial score (nSPS) is 43.6. The van der Waals surface area contributed by atoms with Crippen molar-refractivity contribution in [2.45, 2.75) is 69.6 Å². The van der Waals surface area contributed by atoms with Crippen LogP contribution >= 0.6 is 0 Å². The molecule has 20 heavy (non-hydrogen) atoms. The number of ether oxygens (including phenoxy) is 1. The fraction of sp³-hybridized carbons (Fsp3) is 1.00. The first kappa shape index (κ1) is 13.5. The quantitative estimate of drug-likeness (QED) is 0.854. The van der Waals surface area contributed by atoms with Crippen LogP contribution in [0.2, 0.25) is 0 Å². The number of hydrogen-bond donors (Lipinski definition) is 1. The molecule has 4 rings (SSSR count). The lowest BCUT2D eigenvalue weighted by atomic mass is 9.88. The van der Waals surface area contributed by atoms with Gasteiger partial charge in [-0.25, -0.2) is 0 Å².